The summed E-state index contributed by atoms with van der Waals surface area (Å²) in [6, 6.07) is 0. The third-order valence-corrected chi connectivity index (χ3v) is 3.35. The number of piperazine rings is 1. The van der Waals surface area contributed by atoms with E-state index in [2.05, 4.69) is 5.32 Å². The average Bonchev–Trinajstić information content (AvgIpc) is 2.59. The van der Waals surface area contributed by atoms with Crippen LogP contribution in [0.15, 0.2) is 0 Å². The summed E-state index contributed by atoms with van der Waals surface area (Å²) in [5, 5.41) is 2.70. The molecule has 0 radical (unpaired) electrons. The zero-order valence-electron chi connectivity index (χ0n) is 10.7. The van der Waals surface area contributed by atoms with E-state index in [0.29, 0.717) is 6.54 Å². The van der Waals surface area contributed by atoms with E-state index in [1.807, 2.05) is 6.92 Å². The second-order valence-electron chi connectivity index (χ2n) is 5.50. The van der Waals surface area contributed by atoms with Gasteiger partial charge in [0, 0.05) is 6.54 Å². The number of rotatable bonds is 2. The Balaban J connectivity index is 2.00. The second kappa shape index (κ2) is 4.29. The van der Waals surface area contributed by atoms with E-state index < -0.39 is 5.54 Å². The number of amides is 2. The number of carbonyl (C=O) groups excluding carboxylic acids is 2. The lowest BCUT2D eigenvalue weighted by molar-refractivity contribution is -0.150. The zero-order chi connectivity index (χ0) is 12.6. The van der Waals surface area contributed by atoms with Crippen LogP contribution in [0.1, 0.15) is 33.6 Å². The van der Waals surface area contributed by atoms with Crippen molar-refractivity contribution in [1.29, 1.82) is 0 Å². The van der Waals surface area contributed by atoms with Crippen LogP contribution in [0.4, 0.5) is 0 Å². The molecule has 2 fully saturated rings. The Morgan fingerprint density at radius 1 is 1.41 bits per heavy atom. The van der Waals surface area contributed by atoms with Gasteiger partial charge in [-0.25, -0.2) is 0 Å². The highest BCUT2D eigenvalue weighted by Crippen LogP contribution is 2.22. The molecule has 2 saturated heterocycles. The highest BCUT2D eigenvalue weighted by molar-refractivity contribution is 5.97. The van der Waals surface area contributed by atoms with E-state index in [1.54, 1.807) is 18.7 Å². The SMILES string of the molecule is CC1CCC(CN2CC(=O)NC(C)(C)C2=O)O1. The molecule has 5 heteroatoms. The molecule has 2 atom stereocenters. The van der Waals surface area contributed by atoms with Crippen LogP contribution in [0.3, 0.4) is 0 Å². The molecule has 2 aliphatic heterocycles. The van der Waals surface area contributed by atoms with E-state index in [-0.39, 0.29) is 30.6 Å². The van der Waals surface area contributed by atoms with Gasteiger partial charge in [-0.15, -0.1) is 0 Å². The standard InChI is InChI=1S/C12H20N2O3/c1-8-4-5-9(17-8)6-14-7-10(15)13-12(2,3)11(14)16/h8-9H,4-7H2,1-3H3,(H,13,15). The summed E-state index contributed by atoms with van der Waals surface area (Å²) in [4.78, 5) is 25.3. The van der Waals surface area contributed by atoms with Crippen molar-refractivity contribution in [3.05, 3.63) is 0 Å². The minimum atomic E-state index is -0.792. The first-order valence-electron chi connectivity index (χ1n) is 6.14. The lowest BCUT2D eigenvalue weighted by Gasteiger charge is -2.38. The van der Waals surface area contributed by atoms with E-state index in [4.69, 9.17) is 4.74 Å². The van der Waals surface area contributed by atoms with Crippen LogP contribution >= 0.6 is 0 Å². The van der Waals surface area contributed by atoms with Crippen LogP contribution in [-0.4, -0.2) is 47.6 Å². The fourth-order valence-corrected chi connectivity index (χ4v) is 2.49. The molecule has 2 unspecified atom stereocenters. The van der Waals surface area contributed by atoms with Gasteiger partial charge >= 0.3 is 0 Å². The van der Waals surface area contributed by atoms with E-state index >= 15 is 0 Å². The van der Waals surface area contributed by atoms with Crippen molar-refractivity contribution in [2.24, 2.45) is 0 Å². The summed E-state index contributed by atoms with van der Waals surface area (Å²) in [5.74, 6) is -0.124. The van der Waals surface area contributed by atoms with Crippen LogP contribution in [-0.2, 0) is 14.3 Å². The fourth-order valence-electron chi connectivity index (χ4n) is 2.49. The Kier molecular flexibility index (Phi) is 3.12. The first-order chi connectivity index (χ1) is 7.88. The number of hydrogen-bond acceptors (Lipinski definition) is 3. The Labute approximate surface area is 101 Å². The molecule has 96 valence electrons. The number of carbonyl (C=O) groups is 2. The van der Waals surface area contributed by atoms with Gasteiger partial charge in [-0.05, 0) is 33.6 Å². The molecule has 0 saturated carbocycles. The van der Waals surface area contributed by atoms with Crippen molar-refractivity contribution in [2.75, 3.05) is 13.1 Å². The van der Waals surface area contributed by atoms with Gasteiger partial charge in [-0.3, -0.25) is 9.59 Å². The third kappa shape index (κ3) is 2.60. The summed E-state index contributed by atoms with van der Waals surface area (Å²) < 4.78 is 5.69. The molecule has 2 heterocycles. The Hall–Kier alpha value is -1.10. The second-order valence-corrected chi connectivity index (χ2v) is 5.50. The van der Waals surface area contributed by atoms with E-state index in [9.17, 15) is 9.59 Å². The highest BCUT2D eigenvalue weighted by Gasteiger charge is 2.40. The van der Waals surface area contributed by atoms with Crippen LogP contribution < -0.4 is 5.32 Å². The van der Waals surface area contributed by atoms with Crippen LogP contribution in [0.2, 0.25) is 0 Å². The molecule has 0 aromatic heterocycles. The van der Waals surface area contributed by atoms with Gasteiger partial charge < -0.3 is 15.0 Å². The van der Waals surface area contributed by atoms with Gasteiger partial charge in [0.15, 0.2) is 0 Å². The molecule has 0 aliphatic carbocycles. The number of nitrogens with one attached hydrogen (secondary N) is 1. The predicted octanol–water partition coefficient (Wildman–Crippen LogP) is 0.291. The van der Waals surface area contributed by atoms with Gasteiger partial charge in [0.25, 0.3) is 0 Å². The lowest BCUT2D eigenvalue weighted by Crippen LogP contribution is -2.64. The fraction of sp³-hybridized carbons (Fsp3) is 0.833. The molecule has 0 spiro atoms. The van der Waals surface area contributed by atoms with Crippen molar-refractivity contribution in [3.63, 3.8) is 0 Å². The molecule has 17 heavy (non-hydrogen) atoms. The maximum absolute atomic E-state index is 12.1. The summed E-state index contributed by atoms with van der Waals surface area (Å²) in [5.41, 5.74) is -0.792. The van der Waals surface area contributed by atoms with E-state index in [0.717, 1.165) is 12.8 Å². The summed E-state index contributed by atoms with van der Waals surface area (Å²) in [6.45, 7) is 6.18. The molecule has 0 bridgehead atoms. The van der Waals surface area contributed by atoms with Crippen LogP contribution in [0.25, 0.3) is 0 Å². The first kappa shape index (κ1) is 12.4. The topological polar surface area (TPSA) is 58.6 Å². The van der Waals surface area contributed by atoms with Gasteiger partial charge in [0.1, 0.15) is 5.54 Å². The maximum atomic E-state index is 12.1. The number of nitrogens with zero attached hydrogens (tertiary/aromatic N) is 1. The van der Waals surface area contributed by atoms with Crippen molar-refractivity contribution >= 4 is 11.8 Å². The average molecular weight is 240 g/mol. The monoisotopic (exact) mass is 240 g/mol. The van der Waals surface area contributed by atoms with Gasteiger partial charge in [-0.1, -0.05) is 0 Å². The molecule has 2 aliphatic rings. The molecular weight excluding hydrogens is 220 g/mol. The summed E-state index contributed by atoms with van der Waals surface area (Å²) >= 11 is 0. The Bertz CT molecular complexity index is 341. The van der Waals surface area contributed by atoms with Crippen molar-refractivity contribution in [3.8, 4) is 0 Å². The molecule has 0 aromatic carbocycles. The molecule has 1 N–H and O–H groups in total. The van der Waals surface area contributed by atoms with Crippen molar-refractivity contribution < 1.29 is 14.3 Å². The van der Waals surface area contributed by atoms with E-state index in [1.165, 1.54) is 0 Å². The normalized spacial score (nSPS) is 32.8. The van der Waals surface area contributed by atoms with Crippen LogP contribution in [0.5, 0.6) is 0 Å². The van der Waals surface area contributed by atoms with Gasteiger partial charge in [-0.2, -0.15) is 0 Å². The van der Waals surface area contributed by atoms with Gasteiger partial charge in [0.2, 0.25) is 11.8 Å². The van der Waals surface area contributed by atoms with Gasteiger partial charge in [0.05, 0.1) is 18.8 Å². The summed E-state index contributed by atoms with van der Waals surface area (Å²) in [6.07, 6.45) is 2.34. The van der Waals surface area contributed by atoms with Crippen molar-refractivity contribution in [1.82, 2.24) is 10.2 Å². The minimum absolute atomic E-state index is 0.0275. The number of hydrogen-bond donors (Lipinski definition) is 1. The molecule has 0 aromatic rings. The third-order valence-electron chi connectivity index (χ3n) is 3.35. The summed E-state index contributed by atoms with van der Waals surface area (Å²) in [7, 11) is 0. The largest absolute Gasteiger partial charge is 0.373 e. The number of ether oxygens (including phenoxy) is 1. The van der Waals surface area contributed by atoms with Crippen molar-refractivity contribution in [2.45, 2.75) is 51.4 Å². The van der Waals surface area contributed by atoms with Crippen LogP contribution in [0, 0.1) is 0 Å². The molecular formula is C12H20N2O3. The Morgan fingerprint density at radius 3 is 2.71 bits per heavy atom. The maximum Gasteiger partial charge on any atom is 0.248 e. The Morgan fingerprint density at radius 2 is 2.12 bits per heavy atom. The first-order valence-corrected chi connectivity index (χ1v) is 6.14. The zero-order valence-corrected chi connectivity index (χ0v) is 10.7. The quantitative estimate of drug-likeness (QED) is 0.755. The molecule has 5 nitrogen and oxygen atoms in total. The lowest BCUT2D eigenvalue weighted by atomic mass is 10.00. The smallest absolute Gasteiger partial charge is 0.248 e. The predicted molar refractivity (Wildman–Crippen MR) is 62.4 cm³/mol. The minimum Gasteiger partial charge on any atom is -0.373 e. The molecule has 2 rings (SSSR count). The molecule has 2 amide bonds. The highest BCUT2D eigenvalue weighted by atomic mass is 16.5.